The Balaban J connectivity index is 1.91. The summed E-state index contributed by atoms with van der Waals surface area (Å²) in [5.41, 5.74) is 1.04. The third-order valence-electron chi connectivity index (χ3n) is 3.87. The Morgan fingerprint density at radius 2 is 2.23 bits per heavy atom. The Bertz CT molecular complexity index is 589. The first-order valence-corrected chi connectivity index (χ1v) is 9.71. The van der Waals surface area contributed by atoms with Crippen LogP contribution in [0.1, 0.15) is 44.1 Å². The lowest BCUT2D eigenvalue weighted by Crippen LogP contribution is -2.40. The summed E-state index contributed by atoms with van der Waals surface area (Å²) < 4.78 is 25.0. The van der Waals surface area contributed by atoms with E-state index in [4.69, 9.17) is 0 Å². The maximum Gasteiger partial charge on any atom is 0.208 e. The number of rotatable bonds is 6. The largest absolute Gasteiger partial charge is 0.297 e. The molecule has 1 unspecified atom stereocenters. The Labute approximate surface area is 133 Å². The number of aromatic nitrogens is 2. The molecule has 1 aliphatic rings. The highest BCUT2D eigenvalue weighted by atomic mass is 32.2. The molecule has 0 aliphatic carbocycles. The van der Waals surface area contributed by atoms with Crippen LogP contribution in [0.5, 0.6) is 0 Å². The van der Waals surface area contributed by atoms with Crippen LogP contribution >= 0.6 is 0 Å². The van der Waals surface area contributed by atoms with Gasteiger partial charge in [-0.15, -0.1) is 0 Å². The number of sulfonamides is 1. The van der Waals surface area contributed by atoms with Crippen LogP contribution in [0.25, 0.3) is 0 Å². The molecule has 1 fully saturated rings. The van der Waals surface area contributed by atoms with Crippen LogP contribution in [0.3, 0.4) is 0 Å². The highest BCUT2D eigenvalue weighted by molar-refractivity contribution is 7.88. The summed E-state index contributed by atoms with van der Waals surface area (Å²) in [7, 11) is -3.10. The smallest absolute Gasteiger partial charge is 0.208 e. The van der Waals surface area contributed by atoms with Gasteiger partial charge in [-0.2, -0.15) is 0 Å². The van der Waals surface area contributed by atoms with E-state index in [9.17, 15) is 8.42 Å². The van der Waals surface area contributed by atoms with E-state index in [1.807, 2.05) is 12.3 Å². The van der Waals surface area contributed by atoms with Gasteiger partial charge in [0.05, 0.1) is 11.9 Å². The number of nitrogens with zero attached hydrogens (tertiary/aromatic N) is 3. The fourth-order valence-corrected chi connectivity index (χ4v) is 3.28. The van der Waals surface area contributed by atoms with Gasteiger partial charge in [0.15, 0.2) is 0 Å². The Morgan fingerprint density at radius 1 is 1.45 bits per heavy atom. The number of hydrogen-bond donors (Lipinski definition) is 1. The van der Waals surface area contributed by atoms with Crippen molar-refractivity contribution in [1.29, 1.82) is 0 Å². The molecule has 1 aromatic heterocycles. The first kappa shape index (κ1) is 17.3. The van der Waals surface area contributed by atoms with Crippen LogP contribution in [0.2, 0.25) is 0 Å². The fourth-order valence-electron chi connectivity index (χ4n) is 2.74. The predicted molar refractivity (Wildman–Crippen MR) is 87.0 cm³/mol. The molecule has 0 spiro atoms. The molecule has 1 aromatic rings. The van der Waals surface area contributed by atoms with Gasteiger partial charge >= 0.3 is 0 Å². The van der Waals surface area contributed by atoms with Crippen LogP contribution in [0.4, 0.5) is 0 Å². The molecular weight excluding hydrogens is 300 g/mol. The first-order valence-electron chi connectivity index (χ1n) is 7.82. The van der Waals surface area contributed by atoms with Crippen LogP contribution in [0.15, 0.2) is 12.3 Å². The Kier molecular flexibility index (Phi) is 5.88. The summed E-state index contributed by atoms with van der Waals surface area (Å²) in [5.74, 6) is 1.58. The molecule has 0 aromatic carbocycles. The predicted octanol–water partition coefficient (Wildman–Crippen LogP) is 1.36. The van der Waals surface area contributed by atoms with Crippen molar-refractivity contribution in [3.05, 3.63) is 23.8 Å². The highest BCUT2D eigenvalue weighted by Crippen LogP contribution is 2.18. The average molecular weight is 326 g/mol. The Morgan fingerprint density at radius 3 is 2.91 bits per heavy atom. The maximum atomic E-state index is 11.2. The molecule has 1 saturated heterocycles. The van der Waals surface area contributed by atoms with Gasteiger partial charge in [0.25, 0.3) is 0 Å². The number of piperidine rings is 1. The molecule has 0 amide bonds. The standard InChI is InChI=1S/C15H26N4O2S/c1-12(2)15-16-7-6-14(18-15)11-19-8-4-5-13(10-19)9-17-22(3,20)21/h6-7,12-13,17H,4-5,8-11H2,1-3H3. The van der Waals surface area contributed by atoms with E-state index in [0.717, 1.165) is 44.0 Å². The van der Waals surface area contributed by atoms with Gasteiger partial charge in [-0.1, -0.05) is 13.8 Å². The monoisotopic (exact) mass is 326 g/mol. The Hall–Kier alpha value is -1.05. The zero-order valence-electron chi connectivity index (χ0n) is 13.6. The van der Waals surface area contributed by atoms with Crippen molar-refractivity contribution in [2.45, 2.75) is 39.2 Å². The van der Waals surface area contributed by atoms with Gasteiger partial charge in [0.1, 0.15) is 5.82 Å². The van der Waals surface area contributed by atoms with Gasteiger partial charge in [0.2, 0.25) is 10.0 Å². The quantitative estimate of drug-likeness (QED) is 0.854. The summed E-state index contributed by atoms with van der Waals surface area (Å²) in [6, 6.07) is 1.96. The molecule has 0 bridgehead atoms. The van der Waals surface area contributed by atoms with Crippen molar-refractivity contribution in [3.63, 3.8) is 0 Å². The molecule has 1 N–H and O–H groups in total. The van der Waals surface area contributed by atoms with Crippen molar-refractivity contribution in [2.75, 3.05) is 25.9 Å². The molecular formula is C15H26N4O2S. The van der Waals surface area contributed by atoms with Gasteiger partial charge in [-0.05, 0) is 31.4 Å². The van der Waals surface area contributed by atoms with Gasteiger partial charge in [-0.25, -0.2) is 23.1 Å². The molecule has 7 heteroatoms. The topological polar surface area (TPSA) is 75.2 Å². The van der Waals surface area contributed by atoms with E-state index in [-0.39, 0.29) is 0 Å². The summed E-state index contributed by atoms with van der Waals surface area (Å²) in [6.45, 7) is 7.45. The van der Waals surface area contributed by atoms with Crippen molar-refractivity contribution < 1.29 is 8.42 Å². The minimum atomic E-state index is -3.10. The van der Waals surface area contributed by atoms with Crippen LogP contribution in [-0.2, 0) is 16.6 Å². The summed E-state index contributed by atoms with van der Waals surface area (Å²) in [6.07, 6.45) is 5.20. The van der Waals surface area contributed by atoms with E-state index in [1.54, 1.807) is 0 Å². The molecule has 2 heterocycles. The third-order valence-corrected chi connectivity index (χ3v) is 4.56. The summed E-state index contributed by atoms with van der Waals surface area (Å²) >= 11 is 0. The number of likely N-dealkylation sites (tertiary alicyclic amines) is 1. The average Bonchev–Trinajstić information content (AvgIpc) is 2.45. The van der Waals surface area contributed by atoms with E-state index in [1.165, 1.54) is 6.26 Å². The van der Waals surface area contributed by atoms with Gasteiger partial charge < -0.3 is 0 Å². The second-order valence-electron chi connectivity index (χ2n) is 6.42. The molecule has 124 valence electrons. The van der Waals surface area contributed by atoms with E-state index >= 15 is 0 Å². The lowest BCUT2D eigenvalue weighted by atomic mass is 9.98. The normalized spacial score (nSPS) is 20.5. The summed E-state index contributed by atoms with van der Waals surface area (Å²) in [5, 5.41) is 0. The van der Waals surface area contributed by atoms with Crippen molar-refractivity contribution in [2.24, 2.45) is 5.92 Å². The molecule has 1 atom stereocenters. The van der Waals surface area contributed by atoms with Gasteiger partial charge in [-0.3, -0.25) is 4.90 Å². The molecule has 0 radical (unpaired) electrons. The highest BCUT2D eigenvalue weighted by Gasteiger charge is 2.21. The molecule has 6 nitrogen and oxygen atoms in total. The molecule has 22 heavy (non-hydrogen) atoms. The lowest BCUT2D eigenvalue weighted by molar-refractivity contribution is 0.167. The second kappa shape index (κ2) is 7.48. The van der Waals surface area contributed by atoms with Gasteiger partial charge in [0, 0.05) is 31.7 Å². The number of nitrogens with one attached hydrogen (secondary N) is 1. The van der Waals surface area contributed by atoms with E-state index < -0.39 is 10.0 Å². The minimum absolute atomic E-state index is 0.327. The minimum Gasteiger partial charge on any atom is -0.297 e. The molecule has 2 rings (SSSR count). The SMILES string of the molecule is CC(C)c1nccc(CN2CCCC(CNS(C)(=O)=O)C2)n1. The van der Waals surface area contributed by atoms with Crippen LogP contribution in [0, 0.1) is 5.92 Å². The van der Waals surface area contributed by atoms with E-state index in [2.05, 4.69) is 33.4 Å². The first-order chi connectivity index (χ1) is 10.3. The van der Waals surface area contributed by atoms with Crippen molar-refractivity contribution >= 4 is 10.0 Å². The van der Waals surface area contributed by atoms with Crippen LogP contribution in [-0.4, -0.2) is 49.2 Å². The zero-order chi connectivity index (χ0) is 16.2. The second-order valence-corrected chi connectivity index (χ2v) is 8.26. The summed E-state index contributed by atoms with van der Waals surface area (Å²) in [4.78, 5) is 11.3. The van der Waals surface area contributed by atoms with Crippen molar-refractivity contribution in [1.82, 2.24) is 19.6 Å². The van der Waals surface area contributed by atoms with E-state index in [0.29, 0.717) is 18.4 Å². The maximum absolute atomic E-state index is 11.2. The van der Waals surface area contributed by atoms with Crippen molar-refractivity contribution in [3.8, 4) is 0 Å². The fraction of sp³-hybridized carbons (Fsp3) is 0.733. The number of hydrogen-bond acceptors (Lipinski definition) is 5. The molecule has 1 aliphatic heterocycles. The van der Waals surface area contributed by atoms with Crippen LogP contribution < -0.4 is 4.72 Å². The third kappa shape index (κ3) is 5.62. The lowest BCUT2D eigenvalue weighted by Gasteiger charge is -2.32. The zero-order valence-corrected chi connectivity index (χ0v) is 14.4. The molecule has 0 saturated carbocycles.